The van der Waals surface area contributed by atoms with E-state index in [4.69, 9.17) is 4.74 Å². The van der Waals surface area contributed by atoms with Crippen LogP contribution in [0.4, 0.5) is 26.3 Å². The van der Waals surface area contributed by atoms with Crippen LogP contribution in [0.2, 0.25) is 0 Å². The summed E-state index contributed by atoms with van der Waals surface area (Å²) >= 11 is 0. The van der Waals surface area contributed by atoms with E-state index in [-0.39, 0.29) is 29.8 Å². The summed E-state index contributed by atoms with van der Waals surface area (Å²) in [5.74, 6) is -0.831. The Morgan fingerprint density at radius 3 is 1.92 bits per heavy atom. The number of benzene rings is 4. The number of ether oxygens (including phenoxy) is 1. The number of hydrogen-bond acceptors (Lipinski definition) is 4. The highest BCUT2D eigenvalue weighted by molar-refractivity contribution is 6.01. The number of para-hydroxylation sites is 1. The van der Waals surface area contributed by atoms with E-state index in [0.29, 0.717) is 41.7 Å². The van der Waals surface area contributed by atoms with Crippen LogP contribution >= 0.6 is 0 Å². The zero-order chi connectivity index (χ0) is 34.1. The fourth-order valence-electron chi connectivity index (χ4n) is 5.98. The van der Waals surface area contributed by atoms with Crippen molar-refractivity contribution >= 4 is 22.9 Å². The molecule has 0 amide bonds. The highest BCUT2D eigenvalue weighted by Gasteiger charge is 2.38. The highest BCUT2D eigenvalue weighted by Crippen LogP contribution is 2.37. The third-order valence-corrected chi connectivity index (χ3v) is 8.21. The summed E-state index contributed by atoms with van der Waals surface area (Å²) in [5.41, 5.74) is -0.291. The quantitative estimate of drug-likeness (QED) is 0.0725. The zero-order valence-corrected chi connectivity index (χ0v) is 25.2. The number of carbonyl (C=O) groups excluding carboxylic acids is 1. The number of nitriles is 1. The van der Waals surface area contributed by atoms with Gasteiger partial charge in [-0.1, -0.05) is 78.9 Å². The van der Waals surface area contributed by atoms with Crippen molar-refractivity contribution in [2.45, 2.75) is 31.0 Å². The van der Waals surface area contributed by atoms with E-state index in [1.165, 1.54) is 16.8 Å². The fourth-order valence-corrected chi connectivity index (χ4v) is 5.98. The number of hydrogen-bond donors (Lipinski definition) is 0. The molecule has 0 saturated carbocycles. The van der Waals surface area contributed by atoms with Gasteiger partial charge in [0.15, 0.2) is 0 Å². The number of rotatable bonds is 8. The number of likely N-dealkylation sites (tertiary alicyclic amines) is 1. The number of esters is 1. The van der Waals surface area contributed by atoms with Gasteiger partial charge in [0.1, 0.15) is 17.7 Å². The average Bonchev–Trinajstić information content (AvgIpc) is 3.39. The maximum Gasteiger partial charge on any atom is 0.416 e. The molecule has 0 unspecified atom stereocenters. The van der Waals surface area contributed by atoms with Gasteiger partial charge in [0.05, 0.1) is 17.2 Å². The normalized spacial score (nSPS) is 14.6. The average molecular weight is 660 g/mol. The third-order valence-electron chi connectivity index (χ3n) is 8.21. The molecule has 1 fully saturated rings. The van der Waals surface area contributed by atoms with Crippen molar-refractivity contribution in [3.05, 3.63) is 148 Å². The second-order valence-corrected chi connectivity index (χ2v) is 11.5. The summed E-state index contributed by atoms with van der Waals surface area (Å²) in [5, 5.41) is 10.4. The van der Waals surface area contributed by atoms with Crippen LogP contribution in [0.25, 0.3) is 17.0 Å². The summed E-state index contributed by atoms with van der Waals surface area (Å²) in [6.45, 7) is 0.555. The maximum atomic E-state index is 13.5. The first-order valence-corrected chi connectivity index (χ1v) is 14.9. The van der Waals surface area contributed by atoms with Crippen molar-refractivity contribution in [2.24, 2.45) is 0 Å². The molecule has 0 spiro atoms. The van der Waals surface area contributed by atoms with Crippen molar-refractivity contribution in [1.29, 1.82) is 5.26 Å². The summed E-state index contributed by atoms with van der Waals surface area (Å²) in [4.78, 5) is 15.3. The first-order valence-electron chi connectivity index (χ1n) is 14.9. The molecule has 0 N–H and O–H groups in total. The Labute approximate surface area is 271 Å². The number of alkyl halides is 6. The predicted molar refractivity (Wildman–Crippen MR) is 167 cm³/mol. The molecule has 1 saturated heterocycles. The molecule has 5 aromatic rings. The van der Waals surface area contributed by atoms with E-state index in [1.807, 2.05) is 66.7 Å². The lowest BCUT2D eigenvalue weighted by atomic mass is 9.94. The van der Waals surface area contributed by atoms with Gasteiger partial charge in [-0.3, -0.25) is 4.90 Å². The lowest BCUT2D eigenvalue weighted by molar-refractivity contribution is -0.153. The molecule has 4 aromatic carbocycles. The van der Waals surface area contributed by atoms with Crippen LogP contribution in [0.1, 0.15) is 39.4 Å². The van der Waals surface area contributed by atoms with E-state index < -0.39 is 35.6 Å². The van der Waals surface area contributed by atoms with E-state index in [1.54, 1.807) is 24.3 Å². The Balaban J connectivity index is 1.22. The van der Waals surface area contributed by atoms with Gasteiger partial charge >= 0.3 is 18.3 Å². The molecule has 1 aromatic heterocycles. The van der Waals surface area contributed by atoms with Crippen LogP contribution in [0.5, 0.6) is 0 Å². The van der Waals surface area contributed by atoms with E-state index in [9.17, 15) is 36.4 Å². The molecule has 0 radical (unpaired) electrons. The second-order valence-electron chi connectivity index (χ2n) is 11.5. The molecular weight excluding hydrogens is 632 g/mol. The van der Waals surface area contributed by atoms with Gasteiger partial charge in [0, 0.05) is 42.3 Å². The number of halogens is 6. The Kier molecular flexibility index (Phi) is 8.86. The molecule has 1 aliphatic rings. The Hall–Kier alpha value is -5.34. The molecule has 0 aliphatic carbocycles. The smallest absolute Gasteiger partial charge is 0.416 e. The molecule has 244 valence electrons. The first kappa shape index (κ1) is 32.6. The third kappa shape index (κ3) is 6.99. The first-order chi connectivity index (χ1) is 22.9. The van der Waals surface area contributed by atoms with E-state index >= 15 is 0 Å². The topological polar surface area (TPSA) is 58.3 Å². The van der Waals surface area contributed by atoms with Gasteiger partial charge < -0.3 is 9.30 Å². The molecule has 5 nitrogen and oxygen atoms in total. The largest absolute Gasteiger partial charge is 0.456 e. The van der Waals surface area contributed by atoms with Gasteiger partial charge in [0.2, 0.25) is 0 Å². The zero-order valence-electron chi connectivity index (χ0n) is 25.2. The molecule has 0 atom stereocenters. The summed E-state index contributed by atoms with van der Waals surface area (Å²) in [6.07, 6.45) is -7.62. The minimum atomic E-state index is -4.98. The Morgan fingerprint density at radius 1 is 0.833 bits per heavy atom. The van der Waals surface area contributed by atoms with Gasteiger partial charge in [-0.05, 0) is 47.0 Å². The molecule has 1 aliphatic heterocycles. The van der Waals surface area contributed by atoms with E-state index in [0.717, 1.165) is 11.1 Å². The molecular formula is C37H27F6N3O2. The summed E-state index contributed by atoms with van der Waals surface area (Å²) in [7, 11) is 0. The van der Waals surface area contributed by atoms with Crippen molar-refractivity contribution in [3.8, 4) is 6.07 Å². The van der Waals surface area contributed by atoms with Crippen molar-refractivity contribution < 1.29 is 35.9 Å². The SMILES string of the molecule is N#C/C(=C\c1cn(Cc2cc(C(F)(F)F)cc(C(F)(F)F)c2)c2ccccc12)C(=O)OC1CN(C(c2ccccc2)c2ccccc2)C1. The molecule has 48 heavy (non-hydrogen) atoms. The van der Waals surface area contributed by atoms with Crippen molar-refractivity contribution in [3.63, 3.8) is 0 Å². The van der Waals surface area contributed by atoms with Crippen molar-refractivity contribution in [2.75, 3.05) is 13.1 Å². The summed E-state index contributed by atoms with van der Waals surface area (Å²) < 4.78 is 88.0. The number of carbonyl (C=O) groups is 1. The fraction of sp³-hybridized carbons (Fsp3) is 0.189. The van der Waals surface area contributed by atoms with Crippen LogP contribution in [-0.2, 0) is 28.4 Å². The summed E-state index contributed by atoms with van der Waals surface area (Å²) in [6, 6.07) is 29.8. The van der Waals surface area contributed by atoms with Gasteiger partial charge in [-0.25, -0.2) is 4.79 Å². The standard InChI is InChI=1S/C37H27F6N3O2/c38-36(39,40)29-15-24(16-30(18-29)37(41,42)43)20-45-21-28(32-13-7-8-14-33(32)45)17-27(19-44)35(47)48-31-22-46(23-31)34(25-9-3-1-4-10-25)26-11-5-2-6-12-26/h1-18,21,31,34H,20,22-23H2/b27-17+. The molecule has 0 bridgehead atoms. The highest BCUT2D eigenvalue weighted by atomic mass is 19.4. The maximum absolute atomic E-state index is 13.5. The second kappa shape index (κ2) is 13.0. The monoisotopic (exact) mass is 659 g/mol. The lowest BCUT2D eigenvalue weighted by Gasteiger charge is -2.43. The van der Waals surface area contributed by atoms with Gasteiger partial charge in [-0.2, -0.15) is 31.6 Å². The molecule has 2 heterocycles. The lowest BCUT2D eigenvalue weighted by Crippen LogP contribution is -2.54. The van der Waals surface area contributed by atoms with Gasteiger partial charge in [-0.15, -0.1) is 0 Å². The van der Waals surface area contributed by atoms with E-state index in [2.05, 4.69) is 4.90 Å². The Bertz CT molecular complexity index is 1930. The number of aromatic nitrogens is 1. The van der Waals surface area contributed by atoms with Crippen molar-refractivity contribution in [1.82, 2.24) is 9.47 Å². The van der Waals surface area contributed by atoms with Gasteiger partial charge in [0.25, 0.3) is 0 Å². The van der Waals surface area contributed by atoms with Crippen LogP contribution in [0.3, 0.4) is 0 Å². The molecule has 6 rings (SSSR count). The minimum absolute atomic E-state index is 0.0523. The number of fused-ring (bicyclic) bond motifs is 1. The van der Waals surface area contributed by atoms with Crippen LogP contribution in [0, 0.1) is 11.3 Å². The molecule has 11 heteroatoms. The van der Waals surface area contributed by atoms with Crippen LogP contribution < -0.4 is 0 Å². The van der Waals surface area contributed by atoms with Crippen LogP contribution in [-0.4, -0.2) is 34.6 Å². The predicted octanol–water partition coefficient (Wildman–Crippen LogP) is 8.65. The van der Waals surface area contributed by atoms with Crippen LogP contribution in [0.15, 0.2) is 115 Å². The minimum Gasteiger partial charge on any atom is -0.456 e. The number of nitrogens with zero attached hydrogens (tertiary/aromatic N) is 3. The Morgan fingerprint density at radius 2 is 1.38 bits per heavy atom.